The van der Waals surface area contributed by atoms with Gasteiger partial charge in [-0.3, -0.25) is 5.43 Å². The molecule has 1 aromatic rings. The highest BCUT2D eigenvalue weighted by atomic mass is 15.3. The highest BCUT2D eigenvalue weighted by Crippen LogP contribution is 2.11. The fraction of sp³-hybridized carbons (Fsp3) is 0.636. The standard InChI is InChI=1S/C11H22N6/c1-4-17(9-5-8-16(2)3)10-6-7-13-11(14-10)15-12/h6-7H,4-5,8-9,12H2,1-3H3,(H,13,14,15). The second kappa shape index (κ2) is 7.03. The zero-order valence-corrected chi connectivity index (χ0v) is 10.8. The molecule has 0 bridgehead atoms. The summed E-state index contributed by atoms with van der Waals surface area (Å²) in [4.78, 5) is 12.7. The largest absolute Gasteiger partial charge is 0.357 e. The van der Waals surface area contributed by atoms with Crippen LogP contribution in [0.2, 0.25) is 0 Å². The molecule has 0 spiro atoms. The summed E-state index contributed by atoms with van der Waals surface area (Å²) in [6, 6.07) is 1.90. The van der Waals surface area contributed by atoms with Crippen molar-refractivity contribution < 1.29 is 0 Å². The third-order valence-corrected chi connectivity index (χ3v) is 2.51. The van der Waals surface area contributed by atoms with Crippen LogP contribution in [0, 0.1) is 0 Å². The van der Waals surface area contributed by atoms with Crippen LogP contribution in [0.5, 0.6) is 0 Å². The number of hydrogen-bond acceptors (Lipinski definition) is 6. The Bertz CT molecular complexity index is 327. The molecule has 6 nitrogen and oxygen atoms in total. The molecule has 0 unspecified atom stereocenters. The van der Waals surface area contributed by atoms with Crippen molar-refractivity contribution >= 4 is 11.8 Å². The first-order valence-electron chi connectivity index (χ1n) is 5.86. The molecule has 0 aliphatic rings. The predicted octanol–water partition coefficient (Wildman–Crippen LogP) is 0.540. The molecule has 0 aliphatic heterocycles. The van der Waals surface area contributed by atoms with Crippen molar-refractivity contribution in [3.05, 3.63) is 12.3 Å². The summed E-state index contributed by atoms with van der Waals surface area (Å²) in [5.41, 5.74) is 2.46. The van der Waals surface area contributed by atoms with Gasteiger partial charge in [0, 0.05) is 19.3 Å². The molecule has 0 aromatic carbocycles. The van der Waals surface area contributed by atoms with Gasteiger partial charge in [-0.25, -0.2) is 10.8 Å². The van der Waals surface area contributed by atoms with Crippen LogP contribution in [0.4, 0.5) is 11.8 Å². The smallest absolute Gasteiger partial charge is 0.239 e. The molecule has 1 aromatic heterocycles. The van der Waals surface area contributed by atoms with E-state index in [2.05, 4.69) is 46.2 Å². The van der Waals surface area contributed by atoms with Crippen LogP contribution in [0.15, 0.2) is 12.3 Å². The molecule has 1 rings (SSSR count). The quantitative estimate of drug-likeness (QED) is 0.534. The van der Waals surface area contributed by atoms with Gasteiger partial charge in [0.1, 0.15) is 5.82 Å². The molecular weight excluding hydrogens is 216 g/mol. The molecule has 0 atom stereocenters. The maximum absolute atomic E-state index is 5.30. The Morgan fingerprint density at radius 1 is 1.35 bits per heavy atom. The minimum absolute atomic E-state index is 0.452. The van der Waals surface area contributed by atoms with Gasteiger partial charge in [-0.1, -0.05) is 0 Å². The minimum atomic E-state index is 0.452. The number of hydrogen-bond donors (Lipinski definition) is 2. The summed E-state index contributed by atoms with van der Waals surface area (Å²) in [7, 11) is 4.16. The Balaban J connectivity index is 2.59. The van der Waals surface area contributed by atoms with Crippen LogP contribution in [0.25, 0.3) is 0 Å². The van der Waals surface area contributed by atoms with Crippen molar-refractivity contribution in [1.82, 2.24) is 14.9 Å². The van der Waals surface area contributed by atoms with Crippen LogP contribution in [0.3, 0.4) is 0 Å². The summed E-state index contributed by atoms with van der Waals surface area (Å²) < 4.78 is 0. The van der Waals surface area contributed by atoms with Gasteiger partial charge in [0.05, 0.1) is 0 Å². The van der Waals surface area contributed by atoms with E-state index in [-0.39, 0.29) is 0 Å². The van der Waals surface area contributed by atoms with E-state index in [0.29, 0.717) is 5.95 Å². The number of nitrogen functional groups attached to an aromatic ring is 1. The van der Waals surface area contributed by atoms with E-state index in [0.717, 1.165) is 31.9 Å². The van der Waals surface area contributed by atoms with E-state index in [1.807, 2.05) is 6.07 Å². The Hall–Kier alpha value is -1.40. The summed E-state index contributed by atoms with van der Waals surface area (Å²) in [5.74, 6) is 6.66. The SMILES string of the molecule is CCN(CCCN(C)C)c1ccnc(NN)n1. The number of hydrazine groups is 1. The molecule has 0 radical (unpaired) electrons. The van der Waals surface area contributed by atoms with E-state index in [1.54, 1.807) is 6.20 Å². The van der Waals surface area contributed by atoms with E-state index >= 15 is 0 Å². The molecule has 6 heteroatoms. The lowest BCUT2D eigenvalue weighted by Crippen LogP contribution is -2.28. The van der Waals surface area contributed by atoms with Gasteiger partial charge < -0.3 is 9.80 Å². The lowest BCUT2D eigenvalue weighted by Gasteiger charge is -2.22. The van der Waals surface area contributed by atoms with E-state index in [1.165, 1.54) is 0 Å². The first-order valence-corrected chi connectivity index (χ1v) is 5.86. The van der Waals surface area contributed by atoms with Crippen molar-refractivity contribution in [2.24, 2.45) is 5.84 Å². The number of nitrogens with two attached hydrogens (primary N) is 1. The summed E-state index contributed by atoms with van der Waals surface area (Å²) in [6.45, 7) is 5.10. The molecular formula is C11H22N6. The van der Waals surface area contributed by atoms with Crippen molar-refractivity contribution in [2.75, 3.05) is 44.1 Å². The summed E-state index contributed by atoms with van der Waals surface area (Å²) >= 11 is 0. The molecule has 0 fully saturated rings. The molecule has 96 valence electrons. The van der Waals surface area contributed by atoms with Crippen molar-refractivity contribution in [3.63, 3.8) is 0 Å². The summed E-state index contributed by atoms with van der Waals surface area (Å²) in [6.07, 6.45) is 2.82. The van der Waals surface area contributed by atoms with Gasteiger partial charge in [-0.15, -0.1) is 0 Å². The Morgan fingerprint density at radius 3 is 2.71 bits per heavy atom. The number of anilines is 2. The zero-order chi connectivity index (χ0) is 12.7. The molecule has 0 saturated heterocycles. The third kappa shape index (κ3) is 4.54. The Kier molecular flexibility index (Phi) is 5.65. The predicted molar refractivity (Wildman–Crippen MR) is 70.9 cm³/mol. The highest BCUT2D eigenvalue weighted by Gasteiger charge is 2.06. The molecule has 0 amide bonds. The van der Waals surface area contributed by atoms with Crippen LogP contribution in [0.1, 0.15) is 13.3 Å². The van der Waals surface area contributed by atoms with Crippen LogP contribution in [-0.4, -0.2) is 48.6 Å². The first kappa shape index (κ1) is 13.7. The number of nitrogens with zero attached hydrogens (tertiary/aromatic N) is 4. The average molecular weight is 238 g/mol. The van der Waals surface area contributed by atoms with Gasteiger partial charge in [-0.2, -0.15) is 4.98 Å². The van der Waals surface area contributed by atoms with E-state index in [9.17, 15) is 0 Å². The van der Waals surface area contributed by atoms with Gasteiger partial charge in [0.2, 0.25) is 5.95 Å². The van der Waals surface area contributed by atoms with Gasteiger partial charge in [-0.05, 0) is 40.1 Å². The lowest BCUT2D eigenvalue weighted by atomic mass is 10.3. The molecule has 3 N–H and O–H groups in total. The van der Waals surface area contributed by atoms with Gasteiger partial charge >= 0.3 is 0 Å². The maximum Gasteiger partial charge on any atom is 0.239 e. The number of aromatic nitrogens is 2. The Morgan fingerprint density at radius 2 is 2.12 bits per heavy atom. The third-order valence-electron chi connectivity index (χ3n) is 2.51. The van der Waals surface area contributed by atoms with Crippen molar-refractivity contribution in [1.29, 1.82) is 0 Å². The van der Waals surface area contributed by atoms with Gasteiger partial charge in [0.25, 0.3) is 0 Å². The second-order valence-electron chi connectivity index (χ2n) is 4.12. The van der Waals surface area contributed by atoms with Crippen molar-refractivity contribution in [3.8, 4) is 0 Å². The normalized spacial score (nSPS) is 10.6. The average Bonchev–Trinajstić information content (AvgIpc) is 2.34. The fourth-order valence-corrected chi connectivity index (χ4v) is 1.61. The highest BCUT2D eigenvalue weighted by molar-refractivity contribution is 5.41. The summed E-state index contributed by atoms with van der Waals surface area (Å²) in [5, 5.41) is 0. The van der Waals surface area contributed by atoms with E-state index in [4.69, 9.17) is 5.84 Å². The minimum Gasteiger partial charge on any atom is -0.357 e. The topological polar surface area (TPSA) is 70.3 Å². The van der Waals surface area contributed by atoms with Crippen molar-refractivity contribution in [2.45, 2.75) is 13.3 Å². The zero-order valence-electron chi connectivity index (χ0n) is 10.8. The number of nitrogens with one attached hydrogen (secondary N) is 1. The van der Waals surface area contributed by atoms with Gasteiger partial charge in [0.15, 0.2) is 0 Å². The molecule has 1 heterocycles. The fourth-order valence-electron chi connectivity index (χ4n) is 1.61. The lowest BCUT2D eigenvalue weighted by molar-refractivity contribution is 0.400. The van der Waals surface area contributed by atoms with E-state index < -0.39 is 0 Å². The molecule has 17 heavy (non-hydrogen) atoms. The molecule has 0 saturated carbocycles. The number of rotatable bonds is 7. The maximum atomic E-state index is 5.30. The van der Waals surface area contributed by atoms with Crippen LogP contribution < -0.4 is 16.2 Å². The second-order valence-corrected chi connectivity index (χ2v) is 4.12. The Labute approximate surface area is 103 Å². The molecule has 0 aliphatic carbocycles. The monoisotopic (exact) mass is 238 g/mol. The first-order chi connectivity index (χ1) is 8.17. The van der Waals surface area contributed by atoms with Crippen LogP contribution in [-0.2, 0) is 0 Å². The van der Waals surface area contributed by atoms with Crippen LogP contribution >= 0.6 is 0 Å².